The first-order valence-corrected chi connectivity index (χ1v) is 11.2. The molecule has 27 heavy (non-hydrogen) atoms. The molecule has 0 N–H and O–H groups in total. The minimum Gasteiger partial charge on any atom is -0.103 e. The second kappa shape index (κ2) is 21.3. The van der Waals surface area contributed by atoms with Crippen LogP contribution in [0.15, 0.2) is 24.3 Å². The molecule has 0 aromatic rings. The van der Waals surface area contributed by atoms with Crippen LogP contribution in [0.3, 0.4) is 0 Å². The topological polar surface area (TPSA) is 0 Å². The largest absolute Gasteiger partial charge is 0.103 e. The van der Waals surface area contributed by atoms with Crippen molar-refractivity contribution in [3.05, 3.63) is 24.3 Å². The van der Waals surface area contributed by atoms with Gasteiger partial charge in [-0.1, -0.05) is 107 Å². The maximum Gasteiger partial charge on any atom is 0.0146 e. The Bertz CT molecular complexity index is 367. The highest BCUT2D eigenvalue weighted by molar-refractivity contribution is 5.01. The summed E-state index contributed by atoms with van der Waals surface area (Å²) < 4.78 is 0. The van der Waals surface area contributed by atoms with Crippen molar-refractivity contribution in [3.63, 3.8) is 0 Å². The van der Waals surface area contributed by atoms with Crippen molar-refractivity contribution in [1.82, 2.24) is 0 Å². The van der Waals surface area contributed by atoms with Gasteiger partial charge in [0.1, 0.15) is 0 Å². The molecular weight excluding hydrogens is 324 g/mol. The molecule has 0 unspecified atom stereocenters. The summed E-state index contributed by atoms with van der Waals surface area (Å²) in [7, 11) is 0. The Morgan fingerprint density at radius 3 is 1.15 bits per heavy atom. The van der Waals surface area contributed by atoms with Crippen molar-refractivity contribution < 1.29 is 0 Å². The molecule has 0 amide bonds. The predicted molar refractivity (Wildman–Crippen MR) is 129 cm³/mol. The van der Waals surface area contributed by atoms with Crippen molar-refractivity contribution in [2.75, 3.05) is 0 Å². The summed E-state index contributed by atoms with van der Waals surface area (Å²) in [4.78, 5) is 0. The Kier molecular flexibility index (Phi) is 24.3. The lowest BCUT2D eigenvalue weighted by molar-refractivity contribution is 0.658. The zero-order valence-corrected chi connectivity index (χ0v) is 20.9. The summed E-state index contributed by atoms with van der Waals surface area (Å²) in [6, 6.07) is 0. The molecule has 0 fully saturated rings. The molecule has 0 aromatic carbocycles. The number of hydrogen-bond acceptors (Lipinski definition) is 0. The van der Waals surface area contributed by atoms with Gasteiger partial charge in [0, 0.05) is 12.3 Å². The van der Waals surface area contributed by atoms with Crippen LogP contribution in [0.5, 0.6) is 0 Å². The third-order valence-electron chi connectivity index (χ3n) is 3.16. The molecule has 0 heterocycles. The molecule has 0 aliphatic rings. The molecule has 0 nitrogen and oxygen atoms in total. The lowest BCUT2D eigenvalue weighted by atomic mass is 10.1. The first-order chi connectivity index (χ1) is 12.4. The van der Waals surface area contributed by atoms with Crippen LogP contribution in [0.2, 0.25) is 0 Å². The van der Waals surface area contributed by atoms with Gasteiger partial charge in [0.2, 0.25) is 0 Å². The molecule has 0 aliphatic carbocycles. The van der Waals surface area contributed by atoms with Crippen LogP contribution < -0.4 is 0 Å². The Balaban J connectivity index is -0.000000320. The fourth-order valence-corrected chi connectivity index (χ4v) is 1.71. The molecule has 0 aromatic heterocycles. The van der Waals surface area contributed by atoms with E-state index < -0.39 is 0 Å². The molecule has 0 radical (unpaired) electrons. The Morgan fingerprint density at radius 1 is 0.556 bits per heavy atom. The van der Waals surface area contributed by atoms with Gasteiger partial charge in [-0.05, 0) is 42.4 Å². The van der Waals surface area contributed by atoms with E-state index in [2.05, 4.69) is 119 Å². The average molecular weight is 377 g/mol. The normalized spacial score (nSPS) is 11.3. The summed E-state index contributed by atoms with van der Waals surface area (Å²) in [6.07, 6.45) is 12.6. The maximum absolute atomic E-state index is 3.13. The molecule has 0 atom stereocenters. The third-order valence-corrected chi connectivity index (χ3v) is 3.16. The first kappa shape index (κ1) is 30.8. The summed E-state index contributed by atoms with van der Waals surface area (Å²) in [5, 5.41) is 0. The predicted octanol–water partition coefficient (Wildman–Crippen LogP) is 9.18. The van der Waals surface area contributed by atoms with Gasteiger partial charge >= 0.3 is 0 Å². The van der Waals surface area contributed by atoms with Crippen LogP contribution in [0, 0.1) is 47.3 Å². The van der Waals surface area contributed by atoms with E-state index in [1.807, 2.05) is 0 Å². The molecule has 0 spiro atoms. The van der Waals surface area contributed by atoms with E-state index in [-0.39, 0.29) is 0 Å². The molecule has 0 rings (SSSR count). The van der Waals surface area contributed by atoms with Crippen LogP contribution in [0.25, 0.3) is 0 Å². The fraction of sp³-hybridized carbons (Fsp3) is 0.778. The second-order valence-electron chi connectivity index (χ2n) is 9.68. The first-order valence-electron chi connectivity index (χ1n) is 11.2. The van der Waals surface area contributed by atoms with Crippen molar-refractivity contribution in [1.29, 1.82) is 0 Å². The molecular formula is C27H52. The lowest BCUT2D eigenvalue weighted by Crippen LogP contribution is -1.83. The highest BCUT2D eigenvalue weighted by atomic mass is 13.9. The van der Waals surface area contributed by atoms with E-state index in [9.17, 15) is 0 Å². The average Bonchev–Trinajstić information content (AvgIpc) is 2.46. The second-order valence-corrected chi connectivity index (χ2v) is 9.68. The van der Waals surface area contributed by atoms with Gasteiger partial charge < -0.3 is 0 Å². The van der Waals surface area contributed by atoms with Gasteiger partial charge in [-0.15, -0.1) is 11.8 Å². The van der Waals surface area contributed by atoms with Gasteiger partial charge in [-0.2, -0.15) is 0 Å². The van der Waals surface area contributed by atoms with Gasteiger partial charge in [0.25, 0.3) is 0 Å². The van der Waals surface area contributed by atoms with Crippen LogP contribution in [0.4, 0.5) is 0 Å². The van der Waals surface area contributed by atoms with Crippen LogP contribution >= 0.6 is 0 Å². The molecule has 0 bridgehead atoms. The molecule has 0 saturated carbocycles. The number of hydrogen-bond donors (Lipinski definition) is 0. The third kappa shape index (κ3) is 45.8. The zero-order valence-electron chi connectivity index (χ0n) is 20.9. The van der Waals surface area contributed by atoms with Gasteiger partial charge in [0.05, 0.1) is 0 Å². The van der Waals surface area contributed by atoms with Crippen molar-refractivity contribution in [2.24, 2.45) is 35.5 Å². The van der Waals surface area contributed by atoms with Gasteiger partial charge in [-0.25, -0.2) is 0 Å². The van der Waals surface area contributed by atoms with E-state index in [0.717, 1.165) is 24.2 Å². The number of rotatable bonds is 7. The van der Waals surface area contributed by atoms with Crippen molar-refractivity contribution >= 4 is 0 Å². The van der Waals surface area contributed by atoms with Crippen LogP contribution in [-0.4, -0.2) is 0 Å². The van der Waals surface area contributed by atoms with Crippen molar-refractivity contribution in [3.8, 4) is 11.8 Å². The summed E-state index contributed by atoms with van der Waals surface area (Å²) in [6.45, 7) is 26.4. The molecule has 160 valence electrons. The minimum atomic E-state index is 0.531. The lowest BCUT2D eigenvalue weighted by Gasteiger charge is -1.97. The highest BCUT2D eigenvalue weighted by Gasteiger charge is 1.89. The summed E-state index contributed by atoms with van der Waals surface area (Å²) in [5.74, 6) is 10.5. The highest BCUT2D eigenvalue weighted by Crippen LogP contribution is 2.03. The standard InChI is InChI=1S/2C9H18.C9H16/c3*1-8(2)6-5-7-9(3)4/h2*5-6,8-9H,7H2,1-4H3;8-9H,6H2,1-4H3/b6-5+;6-5-;. The number of allylic oxidation sites excluding steroid dienone is 4. The fourth-order valence-electron chi connectivity index (χ4n) is 1.71. The smallest absolute Gasteiger partial charge is 0.0146 e. The Morgan fingerprint density at radius 2 is 0.926 bits per heavy atom. The Hall–Kier alpha value is -0.960. The molecule has 0 aliphatic heterocycles. The summed E-state index contributed by atoms with van der Waals surface area (Å²) in [5.41, 5.74) is 0. The van der Waals surface area contributed by atoms with E-state index in [1.165, 1.54) is 12.8 Å². The minimum absolute atomic E-state index is 0.531. The Labute approximate surface area is 174 Å². The van der Waals surface area contributed by atoms with E-state index in [4.69, 9.17) is 0 Å². The summed E-state index contributed by atoms with van der Waals surface area (Å²) >= 11 is 0. The van der Waals surface area contributed by atoms with Gasteiger partial charge in [-0.3, -0.25) is 0 Å². The van der Waals surface area contributed by atoms with Crippen LogP contribution in [0.1, 0.15) is 102 Å². The van der Waals surface area contributed by atoms with Gasteiger partial charge in [0.15, 0.2) is 0 Å². The SMILES string of the molecule is CC(C)/C=C/CC(C)C.CC(C)/C=C\CC(C)C.CC(C)C#CCC(C)C. The molecule has 0 heteroatoms. The molecule has 0 saturated heterocycles. The van der Waals surface area contributed by atoms with Crippen LogP contribution in [-0.2, 0) is 0 Å². The van der Waals surface area contributed by atoms with E-state index in [1.54, 1.807) is 0 Å². The zero-order chi connectivity index (χ0) is 21.8. The van der Waals surface area contributed by atoms with E-state index >= 15 is 0 Å². The van der Waals surface area contributed by atoms with E-state index in [0.29, 0.717) is 17.8 Å². The maximum atomic E-state index is 3.13. The van der Waals surface area contributed by atoms with Crippen molar-refractivity contribution in [2.45, 2.75) is 102 Å². The quantitative estimate of drug-likeness (QED) is 0.307. The monoisotopic (exact) mass is 376 g/mol.